The van der Waals surface area contributed by atoms with E-state index < -0.39 is 0 Å². The van der Waals surface area contributed by atoms with Gasteiger partial charge in [-0.3, -0.25) is 4.57 Å². The van der Waals surface area contributed by atoms with Crippen LogP contribution in [0.3, 0.4) is 0 Å². The first-order valence-electron chi connectivity index (χ1n) is 14.2. The summed E-state index contributed by atoms with van der Waals surface area (Å²) in [5.74, 6) is 1.25. The Morgan fingerprint density at radius 3 is 2.17 bits per heavy atom. The van der Waals surface area contributed by atoms with E-state index in [9.17, 15) is 0 Å². The quantitative estimate of drug-likeness (QED) is 0.217. The standard InChI is InChI=1S/C37H25N3S/c1-22-12-2-3-13-23(22)34-37(39-29-19-9-8-18-28(29)38-34)40-30-20-10-6-16-26(30)32-24-14-4-5-15-25(24)33-27-17-7-11-21-31(27)41-36(33)35(32)40/h2-11,13-22H,12H2,1H3. The van der Waals surface area contributed by atoms with Gasteiger partial charge in [0.15, 0.2) is 5.82 Å². The van der Waals surface area contributed by atoms with Crippen LogP contribution in [0.1, 0.15) is 19.0 Å². The van der Waals surface area contributed by atoms with Crippen LogP contribution in [0.15, 0.2) is 115 Å². The van der Waals surface area contributed by atoms with Gasteiger partial charge in [-0.15, -0.1) is 11.3 Å². The molecule has 1 aliphatic rings. The Morgan fingerprint density at radius 1 is 0.707 bits per heavy atom. The van der Waals surface area contributed by atoms with E-state index in [2.05, 4.69) is 121 Å². The van der Waals surface area contributed by atoms with Crippen LogP contribution < -0.4 is 0 Å². The van der Waals surface area contributed by atoms with Gasteiger partial charge in [0.2, 0.25) is 0 Å². The predicted octanol–water partition coefficient (Wildman–Crippen LogP) is 10.2. The molecule has 1 aliphatic carbocycles. The van der Waals surface area contributed by atoms with E-state index in [4.69, 9.17) is 9.97 Å². The number of aromatic nitrogens is 3. The molecule has 3 nitrogen and oxygen atoms in total. The van der Waals surface area contributed by atoms with Gasteiger partial charge in [-0.1, -0.05) is 97.9 Å². The van der Waals surface area contributed by atoms with Gasteiger partial charge in [-0.05, 0) is 52.9 Å². The number of allylic oxidation sites excluding steroid dienone is 4. The molecule has 0 fully saturated rings. The normalized spacial score (nSPS) is 15.6. The minimum absolute atomic E-state index is 0.354. The van der Waals surface area contributed by atoms with Crippen molar-refractivity contribution in [3.63, 3.8) is 0 Å². The Kier molecular flexibility index (Phi) is 4.81. The van der Waals surface area contributed by atoms with Crippen molar-refractivity contribution in [3.05, 3.63) is 121 Å². The topological polar surface area (TPSA) is 30.7 Å². The summed E-state index contributed by atoms with van der Waals surface area (Å²) >= 11 is 1.88. The predicted molar refractivity (Wildman–Crippen MR) is 175 cm³/mol. The van der Waals surface area contributed by atoms with E-state index in [1.807, 2.05) is 17.4 Å². The first kappa shape index (κ1) is 23.0. The van der Waals surface area contributed by atoms with Gasteiger partial charge in [-0.2, -0.15) is 0 Å². The molecule has 4 heteroatoms. The average Bonchev–Trinajstić information content (AvgIpc) is 3.58. The van der Waals surface area contributed by atoms with Crippen LogP contribution in [0, 0.1) is 5.92 Å². The second-order valence-electron chi connectivity index (χ2n) is 11.0. The molecule has 41 heavy (non-hydrogen) atoms. The van der Waals surface area contributed by atoms with Gasteiger partial charge >= 0.3 is 0 Å². The molecule has 5 aromatic carbocycles. The zero-order valence-corrected chi connectivity index (χ0v) is 23.3. The summed E-state index contributed by atoms with van der Waals surface area (Å²) in [5.41, 5.74) is 6.40. The Labute approximate surface area is 240 Å². The monoisotopic (exact) mass is 543 g/mol. The van der Waals surface area contributed by atoms with Crippen LogP contribution >= 0.6 is 11.3 Å². The fraction of sp³-hybridized carbons (Fsp3) is 0.0811. The number of hydrogen-bond acceptors (Lipinski definition) is 3. The summed E-state index contributed by atoms with van der Waals surface area (Å²) < 4.78 is 5.01. The number of para-hydroxylation sites is 3. The van der Waals surface area contributed by atoms with Crippen LogP contribution in [-0.2, 0) is 0 Å². The van der Waals surface area contributed by atoms with Crippen LogP contribution in [0.2, 0.25) is 0 Å². The molecular weight excluding hydrogens is 518 g/mol. The average molecular weight is 544 g/mol. The van der Waals surface area contributed by atoms with Gasteiger partial charge in [-0.25, -0.2) is 9.97 Å². The van der Waals surface area contributed by atoms with Gasteiger partial charge < -0.3 is 0 Å². The molecular formula is C37H25N3S. The third-order valence-electron chi connectivity index (χ3n) is 8.62. The maximum Gasteiger partial charge on any atom is 0.164 e. The van der Waals surface area contributed by atoms with Crippen LogP contribution in [0.25, 0.3) is 75.2 Å². The van der Waals surface area contributed by atoms with Crippen molar-refractivity contribution in [1.82, 2.24) is 14.5 Å². The van der Waals surface area contributed by atoms with Gasteiger partial charge in [0.1, 0.15) is 5.69 Å². The third kappa shape index (κ3) is 3.19. The highest BCUT2D eigenvalue weighted by molar-refractivity contribution is 7.27. The van der Waals surface area contributed by atoms with Crippen LogP contribution in [0.4, 0.5) is 0 Å². The molecule has 0 amide bonds. The van der Waals surface area contributed by atoms with E-state index in [1.54, 1.807) is 0 Å². The summed E-state index contributed by atoms with van der Waals surface area (Å²) in [6, 6.07) is 34.7. The van der Waals surface area contributed by atoms with Crippen molar-refractivity contribution in [2.75, 3.05) is 0 Å². The molecule has 3 heterocycles. The van der Waals surface area contributed by atoms with Crippen LogP contribution in [-0.4, -0.2) is 14.5 Å². The Hall–Kier alpha value is -4.80. The van der Waals surface area contributed by atoms with Gasteiger partial charge in [0.05, 0.1) is 26.8 Å². The molecule has 194 valence electrons. The summed E-state index contributed by atoms with van der Waals surface area (Å²) in [5, 5.41) is 7.72. The molecule has 0 aliphatic heterocycles. The molecule has 8 aromatic rings. The summed E-state index contributed by atoms with van der Waals surface area (Å²) in [6.45, 7) is 2.29. The first-order chi connectivity index (χ1) is 20.3. The molecule has 0 saturated heterocycles. The molecule has 3 aromatic heterocycles. The summed E-state index contributed by atoms with van der Waals surface area (Å²) in [7, 11) is 0. The highest BCUT2D eigenvalue weighted by Crippen LogP contribution is 2.48. The third-order valence-corrected chi connectivity index (χ3v) is 9.80. The molecule has 0 N–H and O–H groups in total. The Morgan fingerprint density at radius 2 is 1.37 bits per heavy atom. The molecule has 0 saturated carbocycles. The lowest BCUT2D eigenvalue weighted by Gasteiger charge is -2.21. The van der Waals surface area contributed by atoms with Crippen molar-refractivity contribution in [3.8, 4) is 5.82 Å². The number of thiophene rings is 1. The minimum Gasteiger partial charge on any atom is -0.290 e. The maximum atomic E-state index is 5.41. The van der Waals surface area contributed by atoms with Crippen molar-refractivity contribution < 1.29 is 0 Å². The highest BCUT2D eigenvalue weighted by atomic mass is 32.1. The summed E-state index contributed by atoms with van der Waals surface area (Å²) in [6.07, 6.45) is 7.64. The summed E-state index contributed by atoms with van der Waals surface area (Å²) in [4.78, 5) is 10.7. The van der Waals surface area contributed by atoms with Crippen molar-refractivity contribution >= 4 is 80.7 Å². The number of hydrogen-bond donors (Lipinski definition) is 0. The molecule has 0 spiro atoms. The SMILES string of the molecule is CC1CC=CC=C1c1nc2ccccc2nc1-n1c2ccccc2c2c3ccccc3c3c4ccccc4sc3c21. The zero-order valence-electron chi connectivity index (χ0n) is 22.5. The molecule has 1 atom stereocenters. The lowest BCUT2D eigenvalue weighted by atomic mass is 9.90. The lowest BCUT2D eigenvalue weighted by Crippen LogP contribution is -2.10. The van der Waals surface area contributed by atoms with Crippen molar-refractivity contribution in [1.29, 1.82) is 0 Å². The van der Waals surface area contributed by atoms with Crippen LogP contribution in [0.5, 0.6) is 0 Å². The van der Waals surface area contributed by atoms with E-state index in [0.717, 1.165) is 34.5 Å². The fourth-order valence-electron chi connectivity index (χ4n) is 6.74. The Balaban J connectivity index is 1.56. The number of benzene rings is 5. The minimum atomic E-state index is 0.354. The van der Waals surface area contributed by atoms with E-state index in [-0.39, 0.29) is 0 Å². The molecule has 0 radical (unpaired) electrons. The number of fused-ring (bicyclic) bond motifs is 11. The van der Waals surface area contributed by atoms with E-state index in [1.165, 1.54) is 52.8 Å². The van der Waals surface area contributed by atoms with E-state index >= 15 is 0 Å². The van der Waals surface area contributed by atoms with Gasteiger partial charge in [0.25, 0.3) is 0 Å². The largest absolute Gasteiger partial charge is 0.290 e. The smallest absolute Gasteiger partial charge is 0.164 e. The van der Waals surface area contributed by atoms with Gasteiger partial charge in [0, 0.05) is 26.2 Å². The Bertz CT molecular complexity index is 2420. The number of rotatable bonds is 2. The zero-order chi connectivity index (χ0) is 27.1. The molecule has 1 unspecified atom stereocenters. The van der Waals surface area contributed by atoms with Crippen molar-refractivity contribution in [2.45, 2.75) is 13.3 Å². The highest BCUT2D eigenvalue weighted by Gasteiger charge is 2.26. The maximum absolute atomic E-state index is 5.41. The second-order valence-corrected chi connectivity index (χ2v) is 12.0. The number of nitrogens with zero attached hydrogens (tertiary/aromatic N) is 3. The lowest BCUT2D eigenvalue weighted by molar-refractivity contribution is 0.752. The van der Waals surface area contributed by atoms with Crippen molar-refractivity contribution in [2.24, 2.45) is 5.92 Å². The fourth-order valence-corrected chi connectivity index (χ4v) is 8.00. The van der Waals surface area contributed by atoms with E-state index in [0.29, 0.717) is 5.92 Å². The second kappa shape index (κ2) is 8.60. The molecule has 9 rings (SSSR count). The first-order valence-corrected chi connectivity index (χ1v) is 15.0. The molecule has 0 bridgehead atoms.